The number of piperidine rings is 1. The van der Waals surface area contributed by atoms with E-state index in [1.54, 1.807) is 26.0 Å². The number of H-pyrrole nitrogens is 1. The number of alkyl halides is 6. The second-order valence-corrected chi connectivity index (χ2v) is 9.11. The van der Waals surface area contributed by atoms with Gasteiger partial charge in [-0.2, -0.15) is 31.4 Å². The number of nitrogens with zero attached hydrogens (tertiary/aromatic N) is 4. The Morgan fingerprint density at radius 2 is 1.94 bits per heavy atom. The van der Waals surface area contributed by atoms with Gasteiger partial charge in [-0.15, -0.1) is 0 Å². The fraction of sp³-hybridized carbons (Fsp3) is 0.500. The van der Waals surface area contributed by atoms with Crippen LogP contribution in [-0.4, -0.2) is 45.5 Å². The minimum atomic E-state index is -4.74. The van der Waals surface area contributed by atoms with Crippen LogP contribution in [0.3, 0.4) is 0 Å². The van der Waals surface area contributed by atoms with Crippen molar-refractivity contribution in [1.82, 2.24) is 20.2 Å². The van der Waals surface area contributed by atoms with Crippen molar-refractivity contribution in [1.29, 1.82) is 0 Å². The molecule has 2 unspecified atom stereocenters. The van der Waals surface area contributed by atoms with Crippen molar-refractivity contribution < 1.29 is 29.2 Å². The van der Waals surface area contributed by atoms with Gasteiger partial charge in [-0.3, -0.25) is 5.10 Å². The molecular formula is C22H28F6N6. The molecule has 0 amide bonds. The molecule has 34 heavy (non-hydrogen) atoms. The average molecular weight is 490 g/mol. The molecule has 12 heteroatoms. The average Bonchev–Trinajstić information content (AvgIpc) is 3.17. The van der Waals surface area contributed by atoms with Crippen LogP contribution >= 0.6 is 0 Å². The smallest absolute Gasteiger partial charge is 0.356 e. The minimum Gasteiger partial charge on any atom is -0.356 e. The Hall–Kier alpha value is -2.89. The first kappa shape index (κ1) is 24.2. The molecule has 2 atom stereocenters. The molecular weight excluding hydrogens is 462 g/mol. The van der Waals surface area contributed by atoms with Crippen molar-refractivity contribution >= 4 is 16.9 Å². The van der Waals surface area contributed by atoms with Crippen LogP contribution in [0.15, 0.2) is 30.5 Å². The third-order valence-corrected chi connectivity index (χ3v) is 6.31. The maximum atomic E-state index is 14.3. The van der Waals surface area contributed by atoms with Gasteiger partial charge < -0.3 is 10.6 Å². The fourth-order valence-corrected chi connectivity index (χ4v) is 4.74. The standard InChI is InChI=1S/C22H24F6N6.2H2/c1-12(2)10-20(22(26,27)28)11-34(9-7-15(20)29)16-6-5-14(21(23,24)25)18(31-16)17-13-4-3-8-30-19(13)33-32-17;;/h3-6,8,12,15H,7,9-11,29H2,1-2H3,(H,30,32,33);2*1H. The molecule has 0 aliphatic carbocycles. The molecule has 3 N–H and O–H groups in total. The van der Waals surface area contributed by atoms with Gasteiger partial charge in [0.15, 0.2) is 5.65 Å². The van der Waals surface area contributed by atoms with Crippen LogP contribution in [0.2, 0.25) is 0 Å². The van der Waals surface area contributed by atoms with Crippen molar-refractivity contribution in [2.45, 2.75) is 45.1 Å². The van der Waals surface area contributed by atoms with Crippen molar-refractivity contribution in [3.63, 3.8) is 0 Å². The molecule has 0 aromatic carbocycles. The Morgan fingerprint density at radius 1 is 1.21 bits per heavy atom. The van der Waals surface area contributed by atoms with Gasteiger partial charge in [0.2, 0.25) is 0 Å². The Labute approximate surface area is 194 Å². The lowest BCUT2D eigenvalue weighted by Crippen LogP contribution is -2.62. The molecule has 1 aliphatic rings. The molecule has 0 radical (unpaired) electrons. The molecule has 6 nitrogen and oxygen atoms in total. The Morgan fingerprint density at radius 3 is 2.59 bits per heavy atom. The lowest BCUT2D eigenvalue weighted by Gasteiger charge is -2.49. The summed E-state index contributed by atoms with van der Waals surface area (Å²) < 4.78 is 84.4. The highest BCUT2D eigenvalue weighted by atomic mass is 19.4. The zero-order valence-corrected chi connectivity index (χ0v) is 18.5. The number of anilines is 1. The molecule has 4 heterocycles. The summed E-state index contributed by atoms with van der Waals surface area (Å²) in [6, 6.07) is 3.92. The number of rotatable bonds is 4. The first-order valence-electron chi connectivity index (χ1n) is 10.8. The molecule has 3 aromatic rings. The van der Waals surface area contributed by atoms with Crippen molar-refractivity contribution in [3.05, 3.63) is 36.0 Å². The molecule has 0 spiro atoms. The predicted molar refractivity (Wildman–Crippen MR) is 119 cm³/mol. The number of hydrogen-bond donors (Lipinski definition) is 2. The van der Waals surface area contributed by atoms with Gasteiger partial charge in [0, 0.05) is 33.6 Å². The fourth-order valence-electron chi connectivity index (χ4n) is 4.74. The van der Waals surface area contributed by atoms with E-state index in [-0.39, 0.29) is 45.3 Å². The summed E-state index contributed by atoms with van der Waals surface area (Å²) in [6.45, 7) is 3.02. The number of hydrogen-bond acceptors (Lipinski definition) is 5. The Kier molecular flexibility index (Phi) is 5.99. The monoisotopic (exact) mass is 490 g/mol. The van der Waals surface area contributed by atoms with E-state index in [1.165, 1.54) is 11.1 Å². The predicted octanol–water partition coefficient (Wildman–Crippen LogP) is 5.66. The second kappa shape index (κ2) is 8.40. The molecule has 1 aliphatic heterocycles. The highest BCUT2D eigenvalue weighted by Crippen LogP contribution is 2.49. The van der Waals surface area contributed by atoms with Crippen molar-refractivity contribution in [2.24, 2.45) is 17.1 Å². The molecule has 4 rings (SSSR count). The van der Waals surface area contributed by atoms with Gasteiger partial charge in [-0.05, 0) is 43.0 Å². The van der Waals surface area contributed by atoms with E-state index in [0.29, 0.717) is 5.39 Å². The van der Waals surface area contributed by atoms with E-state index in [0.717, 1.165) is 12.1 Å². The summed E-state index contributed by atoms with van der Waals surface area (Å²) >= 11 is 0. The van der Waals surface area contributed by atoms with Gasteiger partial charge in [0.1, 0.15) is 11.5 Å². The number of fused-ring (bicyclic) bond motifs is 1. The number of nitrogens with one attached hydrogen (secondary N) is 1. The van der Waals surface area contributed by atoms with Crippen LogP contribution < -0.4 is 10.6 Å². The Balaban J connectivity index is 0.00000228. The van der Waals surface area contributed by atoms with Crippen molar-refractivity contribution in [2.75, 3.05) is 18.0 Å². The van der Waals surface area contributed by atoms with Gasteiger partial charge in [0.05, 0.1) is 16.7 Å². The molecule has 188 valence electrons. The van der Waals surface area contributed by atoms with E-state index in [9.17, 15) is 26.3 Å². The first-order chi connectivity index (χ1) is 15.8. The Bertz CT molecular complexity index is 1180. The molecule has 1 fully saturated rings. The largest absolute Gasteiger partial charge is 0.418 e. The summed E-state index contributed by atoms with van der Waals surface area (Å²) in [5.41, 5.74) is 2.53. The van der Waals surface area contributed by atoms with E-state index in [4.69, 9.17) is 5.73 Å². The summed E-state index contributed by atoms with van der Waals surface area (Å²) in [5, 5.41) is 6.81. The summed E-state index contributed by atoms with van der Waals surface area (Å²) in [4.78, 5) is 9.59. The van der Waals surface area contributed by atoms with Gasteiger partial charge in [0.25, 0.3) is 0 Å². The number of aromatic amines is 1. The first-order valence-corrected chi connectivity index (χ1v) is 10.8. The zero-order chi connectivity index (χ0) is 24.9. The van der Waals surface area contributed by atoms with Crippen LogP contribution in [0.5, 0.6) is 0 Å². The van der Waals surface area contributed by atoms with Gasteiger partial charge >= 0.3 is 12.4 Å². The van der Waals surface area contributed by atoms with E-state index in [2.05, 4.69) is 20.2 Å². The van der Waals surface area contributed by atoms with E-state index in [1.807, 2.05) is 0 Å². The van der Waals surface area contributed by atoms with E-state index >= 15 is 0 Å². The van der Waals surface area contributed by atoms with Gasteiger partial charge in [-0.25, -0.2) is 9.97 Å². The molecule has 0 saturated carbocycles. The lowest BCUT2D eigenvalue weighted by molar-refractivity contribution is -0.237. The maximum Gasteiger partial charge on any atom is 0.418 e. The zero-order valence-electron chi connectivity index (χ0n) is 18.5. The minimum absolute atomic E-state index is 0. The number of nitrogens with two attached hydrogens (primary N) is 1. The third-order valence-electron chi connectivity index (χ3n) is 6.31. The second-order valence-electron chi connectivity index (χ2n) is 9.11. The summed E-state index contributed by atoms with van der Waals surface area (Å²) in [6.07, 6.45) is -8.04. The van der Waals surface area contributed by atoms with Crippen LogP contribution in [0, 0.1) is 11.3 Å². The number of halogens is 6. The van der Waals surface area contributed by atoms with Crippen LogP contribution in [0.25, 0.3) is 22.4 Å². The molecule has 1 saturated heterocycles. The number of aromatic nitrogens is 4. The molecule has 3 aromatic heterocycles. The lowest BCUT2D eigenvalue weighted by atomic mass is 9.70. The van der Waals surface area contributed by atoms with Crippen LogP contribution in [0.1, 0.15) is 35.1 Å². The molecule has 0 bridgehead atoms. The summed E-state index contributed by atoms with van der Waals surface area (Å²) in [7, 11) is 0. The van der Waals surface area contributed by atoms with Crippen molar-refractivity contribution in [3.8, 4) is 11.4 Å². The normalized spacial score (nSPS) is 22.1. The highest BCUT2D eigenvalue weighted by molar-refractivity contribution is 5.90. The maximum absolute atomic E-state index is 14.3. The van der Waals surface area contributed by atoms with E-state index < -0.39 is 41.6 Å². The number of pyridine rings is 2. The quantitative estimate of drug-likeness (QED) is 0.461. The third kappa shape index (κ3) is 4.19. The van der Waals surface area contributed by atoms with Gasteiger partial charge in [-0.1, -0.05) is 13.8 Å². The van der Waals surface area contributed by atoms with Crippen LogP contribution in [0.4, 0.5) is 32.2 Å². The SMILES string of the molecule is CC(C)CC1(C(F)(F)F)CN(c2ccc(C(F)(F)F)c(-c3[nH]nc4ncccc34)n2)CCC1N.[HH].[HH]. The van der Waals surface area contributed by atoms with Crippen LogP contribution in [-0.2, 0) is 6.18 Å². The summed E-state index contributed by atoms with van der Waals surface area (Å²) in [5.74, 6) is -0.272. The topological polar surface area (TPSA) is 83.7 Å². The highest BCUT2D eigenvalue weighted by Gasteiger charge is 2.60.